The summed E-state index contributed by atoms with van der Waals surface area (Å²) in [5.41, 5.74) is 0. The molecule has 0 aromatic carbocycles. The summed E-state index contributed by atoms with van der Waals surface area (Å²) in [4.78, 5) is 10.2. The molecule has 26 heavy (non-hydrogen) atoms. The van der Waals surface area contributed by atoms with Crippen molar-refractivity contribution in [3.8, 4) is 0 Å². The summed E-state index contributed by atoms with van der Waals surface area (Å²) in [7, 11) is 0. The fourth-order valence-electron chi connectivity index (χ4n) is 2.87. The second-order valence-electron chi connectivity index (χ2n) is 6.74. The van der Waals surface area contributed by atoms with Gasteiger partial charge in [-0.1, -0.05) is 68.7 Å². The van der Waals surface area contributed by atoms with Crippen molar-refractivity contribution in [3.05, 3.63) is 48.6 Å². The lowest BCUT2D eigenvalue weighted by Gasteiger charge is -2.09. The van der Waals surface area contributed by atoms with E-state index in [2.05, 4.69) is 13.0 Å². The first-order valence-corrected chi connectivity index (χ1v) is 9.86. The lowest BCUT2D eigenvalue weighted by Crippen LogP contribution is -2.06. The molecular formula is C22H34O4. The van der Waals surface area contributed by atoms with Crippen LogP contribution in [0, 0.1) is 0 Å². The van der Waals surface area contributed by atoms with Gasteiger partial charge in [0.05, 0.1) is 18.3 Å². The highest BCUT2D eigenvalue weighted by Crippen LogP contribution is 2.29. The largest absolute Gasteiger partial charge is 0.478 e. The number of aliphatic hydroxyl groups is 1. The lowest BCUT2D eigenvalue weighted by molar-refractivity contribution is -0.131. The predicted molar refractivity (Wildman–Crippen MR) is 106 cm³/mol. The normalized spacial score (nSPS) is 21.5. The minimum absolute atomic E-state index is 0.162. The number of carboxylic acid groups (broad SMARTS) is 1. The Kier molecular flexibility index (Phi) is 12.5. The molecule has 146 valence electrons. The number of allylic oxidation sites excluding steroid dienone is 7. The standard InChI is InChI=1S/C22H34O4/c1-2-20-21(26-20)17-14-13-16-19(23)15-11-9-7-5-3-4-6-8-10-12-18-22(24)25/h3-6,8,10,12,18-21,23H,2,7,9,11,13-17H2,1H3,(H,24,25)/b5-3+,6-4+,10-8+,18-12+. The van der Waals surface area contributed by atoms with Crippen molar-refractivity contribution >= 4 is 5.97 Å². The molecule has 4 heteroatoms. The molecule has 2 N–H and O–H groups in total. The summed E-state index contributed by atoms with van der Waals surface area (Å²) in [6, 6.07) is 0. The van der Waals surface area contributed by atoms with Gasteiger partial charge in [0, 0.05) is 6.08 Å². The zero-order valence-electron chi connectivity index (χ0n) is 15.9. The smallest absolute Gasteiger partial charge is 0.328 e. The molecule has 0 aromatic rings. The molecule has 1 fully saturated rings. The van der Waals surface area contributed by atoms with E-state index >= 15 is 0 Å². The van der Waals surface area contributed by atoms with Crippen molar-refractivity contribution in [1.29, 1.82) is 0 Å². The maximum absolute atomic E-state index is 10.2. The number of rotatable bonds is 15. The van der Waals surface area contributed by atoms with Crippen molar-refractivity contribution in [1.82, 2.24) is 0 Å². The fraction of sp³-hybridized carbons (Fsp3) is 0.591. The number of hydrogen-bond donors (Lipinski definition) is 2. The van der Waals surface area contributed by atoms with E-state index in [-0.39, 0.29) is 6.10 Å². The Balaban J connectivity index is 1.90. The van der Waals surface area contributed by atoms with Crippen LogP contribution in [-0.2, 0) is 9.53 Å². The van der Waals surface area contributed by atoms with Crippen LogP contribution >= 0.6 is 0 Å². The number of epoxide rings is 1. The highest BCUT2D eigenvalue weighted by molar-refractivity contribution is 5.80. The number of hydrogen-bond acceptors (Lipinski definition) is 3. The first-order valence-electron chi connectivity index (χ1n) is 9.86. The molecule has 0 spiro atoms. The minimum atomic E-state index is -0.943. The van der Waals surface area contributed by atoms with Gasteiger partial charge in [0.15, 0.2) is 0 Å². The van der Waals surface area contributed by atoms with E-state index in [0.29, 0.717) is 12.2 Å². The summed E-state index contributed by atoms with van der Waals surface area (Å²) in [5, 5.41) is 18.4. The van der Waals surface area contributed by atoms with Gasteiger partial charge in [0.1, 0.15) is 0 Å². The Morgan fingerprint density at radius 1 is 0.962 bits per heavy atom. The zero-order chi connectivity index (χ0) is 19.0. The van der Waals surface area contributed by atoms with Gasteiger partial charge < -0.3 is 14.9 Å². The third-order valence-electron chi connectivity index (χ3n) is 4.45. The molecule has 1 saturated heterocycles. The summed E-state index contributed by atoms with van der Waals surface area (Å²) in [6.45, 7) is 2.17. The van der Waals surface area contributed by atoms with E-state index in [1.54, 1.807) is 12.2 Å². The van der Waals surface area contributed by atoms with Crippen molar-refractivity contribution in [3.63, 3.8) is 0 Å². The second kappa shape index (κ2) is 14.5. The Morgan fingerprint density at radius 2 is 1.62 bits per heavy atom. The van der Waals surface area contributed by atoms with Crippen LogP contribution in [0.5, 0.6) is 0 Å². The van der Waals surface area contributed by atoms with E-state index < -0.39 is 5.97 Å². The number of unbranched alkanes of at least 4 members (excludes halogenated alkanes) is 3. The quantitative estimate of drug-likeness (QED) is 0.187. The number of carbonyl (C=O) groups is 1. The van der Waals surface area contributed by atoms with E-state index in [0.717, 1.165) is 63.9 Å². The van der Waals surface area contributed by atoms with Crippen molar-refractivity contribution in [2.75, 3.05) is 0 Å². The van der Waals surface area contributed by atoms with Crippen molar-refractivity contribution in [2.45, 2.75) is 83.0 Å². The van der Waals surface area contributed by atoms with Gasteiger partial charge in [-0.15, -0.1) is 0 Å². The topological polar surface area (TPSA) is 70.1 Å². The Labute approximate surface area is 158 Å². The monoisotopic (exact) mass is 362 g/mol. The third kappa shape index (κ3) is 12.7. The van der Waals surface area contributed by atoms with Crippen molar-refractivity contribution < 1.29 is 19.7 Å². The van der Waals surface area contributed by atoms with Crippen LogP contribution in [0.3, 0.4) is 0 Å². The van der Waals surface area contributed by atoms with Crippen LogP contribution in [-0.4, -0.2) is 34.5 Å². The molecule has 0 aromatic heterocycles. The third-order valence-corrected chi connectivity index (χ3v) is 4.45. The van der Waals surface area contributed by atoms with E-state index in [1.807, 2.05) is 18.2 Å². The zero-order valence-corrected chi connectivity index (χ0v) is 15.9. The van der Waals surface area contributed by atoms with Crippen LogP contribution in [0.1, 0.15) is 64.7 Å². The van der Waals surface area contributed by atoms with Crippen LogP contribution in [0.2, 0.25) is 0 Å². The highest BCUT2D eigenvalue weighted by atomic mass is 16.6. The van der Waals surface area contributed by atoms with Crippen molar-refractivity contribution in [2.24, 2.45) is 0 Å². The molecule has 4 nitrogen and oxygen atoms in total. The van der Waals surface area contributed by atoms with Gasteiger partial charge in [-0.05, 0) is 38.5 Å². The summed E-state index contributed by atoms with van der Waals surface area (Å²) < 4.78 is 5.52. The summed E-state index contributed by atoms with van der Waals surface area (Å²) >= 11 is 0. The molecule has 3 unspecified atom stereocenters. The number of ether oxygens (including phenoxy) is 1. The van der Waals surface area contributed by atoms with E-state index in [1.165, 1.54) is 6.08 Å². The SMILES string of the molecule is CCC1OC1CCCCC(O)CCCC/C=C/C=C/C=C/C=C/C(=O)O. The molecule has 0 aliphatic carbocycles. The molecule has 3 atom stereocenters. The molecule has 0 radical (unpaired) electrons. The van der Waals surface area contributed by atoms with Gasteiger partial charge in [-0.2, -0.15) is 0 Å². The van der Waals surface area contributed by atoms with Gasteiger partial charge in [-0.25, -0.2) is 4.79 Å². The number of aliphatic hydroxyl groups excluding tert-OH is 1. The van der Waals surface area contributed by atoms with Gasteiger partial charge in [0.2, 0.25) is 0 Å². The molecule has 1 aliphatic rings. The Hall–Kier alpha value is -1.65. The summed E-state index contributed by atoms with van der Waals surface area (Å²) in [6.07, 6.45) is 24.3. The highest BCUT2D eigenvalue weighted by Gasteiger charge is 2.35. The maximum atomic E-state index is 10.2. The average molecular weight is 363 g/mol. The minimum Gasteiger partial charge on any atom is -0.478 e. The number of aliphatic carboxylic acids is 1. The average Bonchev–Trinajstić information content (AvgIpc) is 3.38. The summed E-state index contributed by atoms with van der Waals surface area (Å²) in [5.74, 6) is -0.943. The molecule has 0 bridgehead atoms. The van der Waals surface area contributed by atoms with E-state index in [4.69, 9.17) is 9.84 Å². The van der Waals surface area contributed by atoms with Crippen LogP contribution in [0.4, 0.5) is 0 Å². The molecule has 0 saturated carbocycles. The lowest BCUT2D eigenvalue weighted by atomic mass is 10.0. The molecule has 0 amide bonds. The molecule has 1 rings (SSSR count). The predicted octanol–water partition coefficient (Wildman–Crippen LogP) is 4.95. The first-order chi connectivity index (χ1) is 12.6. The maximum Gasteiger partial charge on any atom is 0.328 e. The second-order valence-corrected chi connectivity index (χ2v) is 6.74. The van der Waals surface area contributed by atoms with Crippen LogP contribution in [0.15, 0.2) is 48.6 Å². The van der Waals surface area contributed by atoms with Crippen LogP contribution in [0.25, 0.3) is 0 Å². The number of carboxylic acids is 1. The fourth-order valence-corrected chi connectivity index (χ4v) is 2.87. The van der Waals surface area contributed by atoms with Gasteiger partial charge in [-0.3, -0.25) is 0 Å². The molecule has 1 aliphatic heterocycles. The molecule has 1 heterocycles. The Morgan fingerprint density at radius 3 is 2.27 bits per heavy atom. The Bertz CT molecular complexity index is 490. The van der Waals surface area contributed by atoms with Gasteiger partial charge in [0.25, 0.3) is 0 Å². The van der Waals surface area contributed by atoms with Crippen LogP contribution < -0.4 is 0 Å². The molecular weight excluding hydrogens is 328 g/mol. The first kappa shape index (κ1) is 22.4. The van der Waals surface area contributed by atoms with E-state index in [9.17, 15) is 9.90 Å². The van der Waals surface area contributed by atoms with Gasteiger partial charge >= 0.3 is 5.97 Å².